The van der Waals surface area contributed by atoms with Crippen LogP contribution in [0, 0.1) is 20.8 Å². The van der Waals surface area contributed by atoms with Crippen molar-refractivity contribution in [2.45, 2.75) is 70.1 Å². The largest absolute Gasteiger partial charge is 0.492 e. The number of carboxylic acid groups (broad SMARTS) is 1. The number of nitrogens with zero attached hydrogens (tertiary/aromatic N) is 1. The summed E-state index contributed by atoms with van der Waals surface area (Å²) in [6.07, 6.45) is -8.56. The van der Waals surface area contributed by atoms with Crippen molar-refractivity contribution < 1.29 is 72.5 Å². The number of alkyl halides is 11. The molecule has 0 saturated carbocycles. The zero-order chi connectivity index (χ0) is 36.2. The summed E-state index contributed by atoms with van der Waals surface area (Å²) in [7, 11) is 0. The number of ether oxygens (including phenoxy) is 2. The van der Waals surface area contributed by atoms with Crippen LogP contribution in [0.1, 0.15) is 29.2 Å². The first-order valence-electron chi connectivity index (χ1n) is 13.7. The number of amides is 2. The first-order valence-corrected chi connectivity index (χ1v) is 13.7. The predicted octanol–water partition coefficient (Wildman–Crippen LogP) is 7.66. The van der Waals surface area contributed by atoms with E-state index in [2.05, 4.69) is 5.32 Å². The third-order valence-corrected chi connectivity index (χ3v) is 6.81. The van der Waals surface area contributed by atoms with Crippen molar-refractivity contribution in [3.8, 4) is 5.75 Å². The number of aliphatic carboxylic acids is 1. The molecule has 0 spiro atoms. The fourth-order valence-electron chi connectivity index (χ4n) is 4.39. The topological polar surface area (TPSA) is 88.1 Å². The van der Waals surface area contributed by atoms with Gasteiger partial charge in [-0.05, 0) is 56.5 Å². The normalized spacial score (nSPS) is 13.7. The molecule has 1 unspecified atom stereocenters. The second-order valence-corrected chi connectivity index (χ2v) is 10.5. The number of rotatable bonds is 15. The third-order valence-electron chi connectivity index (χ3n) is 6.81. The Balaban J connectivity index is 2.35. The van der Waals surface area contributed by atoms with Crippen LogP contribution in [0.15, 0.2) is 36.4 Å². The highest BCUT2D eigenvalue weighted by Gasteiger charge is 2.87. The Morgan fingerprint density at radius 2 is 1.38 bits per heavy atom. The van der Waals surface area contributed by atoms with Gasteiger partial charge in [0.05, 0.1) is 13.1 Å². The summed E-state index contributed by atoms with van der Waals surface area (Å²) in [4.78, 5) is 24.1. The van der Waals surface area contributed by atoms with Crippen molar-refractivity contribution in [3.63, 3.8) is 0 Å². The van der Waals surface area contributed by atoms with Crippen molar-refractivity contribution in [2.24, 2.45) is 0 Å². The maximum atomic E-state index is 14.7. The third kappa shape index (κ3) is 8.75. The molecule has 2 aromatic carbocycles. The van der Waals surface area contributed by atoms with Gasteiger partial charge in [-0.25, -0.2) is 9.59 Å². The van der Waals surface area contributed by atoms with E-state index in [-0.39, 0.29) is 29.4 Å². The number of anilines is 1. The molecular formula is C29H31F11N2O5. The van der Waals surface area contributed by atoms with Gasteiger partial charge in [-0.15, -0.1) is 0 Å². The van der Waals surface area contributed by atoms with Crippen molar-refractivity contribution in [1.29, 1.82) is 0 Å². The van der Waals surface area contributed by atoms with E-state index >= 15 is 0 Å². The summed E-state index contributed by atoms with van der Waals surface area (Å²) in [5, 5.41) is 11.3. The Morgan fingerprint density at radius 1 is 0.851 bits per heavy atom. The Labute approximate surface area is 261 Å². The summed E-state index contributed by atoms with van der Waals surface area (Å²) < 4.78 is 161. The lowest BCUT2D eigenvalue weighted by Crippen LogP contribution is -2.68. The Hall–Kier alpha value is -3.83. The van der Waals surface area contributed by atoms with Gasteiger partial charge in [0.25, 0.3) is 0 Å². The molecule has 0 aliphatic carbocycles. The van der Waals surface area contributed by atoms with Gasteiger partial charge in [-0.3, -0.25) is 0 Å². The van der Waals surface area contributed by atoms with E-state index in [4.69, 9.17) is 9.47 Å². The molecule has 0 aliphatic heterocycles. The van der Waals surface area contributed by atoms with E-state index in [1.165, 1.54) is 50.2 Å². The second-order valence-electron chi connectivity index (χ2n) is 10.5. The van der Waals surface area contributed by atoms with E-state index < -0.39 is 67.7 Å². The minimum Gasteiger partial charge on any atom is -0.492 e. The van der Waals surface area contributed by atoms with Crippen LogP contribution in [0.3, 0.4) is 0 Å². The molecule has 2 N–H and O–H groups in total. The van der Waals surface area contributed by atoms with Gasteiger partial charge in [-0.1, -0.05) is 29.8 Å². The van der Waals surface area contributed by atoms with Gasteiger partial charge in [0.15, 0.2) is 6.10 Å². The van der Waals surface area contributed by atoms with Gasteiger partial charge >= 0.3 is 41.9 Å². The number of benzene rings is 2. The van der Waals surface area contributed by atoms with E-state index in [0.29, 0.717) is 22.3 Å². The van der Waals surface area contributed by atoms with E-state index in [9.17, 15) is 63.0 Å². The Morgan fingerprint density at radius 3 is 1.85 bits per heavy atom. The molecule has 18 heteroatoms. The summed E-state index contributed by atoms with van der Waals surface area (Å²) in [5.41, 5.74) is 1.87. The first kappa shape index (κ1) is 39.3. The van der Waals surface area contributed by atoms with Crippen LogP contribution < -0.4 is 10.1 Å². The molecule has 7 nitrogen and oxygen atoms in total. The summed E-state index contributed by atoms with van der Waals surface area (Å²) in [5.74, 6) is -30.1. The zero-order valence-corrected chi connectivity index (χ0v) is 25.3. The standard InChI is InChI=1S/C29H31F11N2O5/c1-5-46-21(23(43)44)14-19-6-8-20(9-7-19)47-11-10-42(24(45)41-22-17(3)12-16(2)13-18(22)4)15-25(30,31)26(32,33)27(34,35)28(36,37)29(38,39)40/h6-9,12-13,21H,5,10-11,14-15H2,1-4H3,(H,41,45)(H,43,44). The van der Waals surface area contributed by atoms with E-state index in [0.717, 1.165) is 0 Å². The fraction of sp³-hybridized carbons (Fsp3) is 0.517. The lowest BCUT2D eigenvalue weighted by molar-refractivity contribution is -0.422. The predicted molar refractivity (Wildman–Crippen MR) is 146 cm³/mol. The van der Waals surface area contributed by atoms with Crippen molar-refractivity contribution in [1.82, 2.24) is 4.90 Å². The zero-order valence-electron chi connectivity index (χ0n) is 25.3. The van der Waals surface area contributed by atoms with Crippen molar-refractivity contribution >= 4 is 17.7 Å². The molecule has 2 amide bonds. The Bertz CT molecular complexity index is 1380. The molecule has 0 fully saturated rings. The number of halogens is 11. The number of hydrogen-bond acceptors (Lipinski definition) is 4. The summed E-state index contributed by atoms with van der Waals surface area (Å²) in [6, 6.07) is 6.82. The molecule has 0 aliphatic rings. The second kappa shape index (κ2) is 14.5. The molecule has 0 bridgehead atoms. The number of carbonyl (C=O) groups is 2. The number of aryl methyl sites for hydroxylation is 3. The van der Waals surface area contributed by atoms with Crippen molar-refractivity contribution in [3.05, 3.63) is 58.7 Å². The van der Waals surface area contributed by atoms with Crippen LogP contribution in [0.5, 0.6) is 5.75 Å². The van der Waals surface area contributed by atoms with E-state index in [1.807, 2.05) is 0 Å². The molecule has 264 valence electrons. The van der Waals surface area contributed by atoms with Crippen molar-refractivity contribution in [2.75, 3.05) is 31.6 Å². The van der Waals surface area contributed by atoms with Crippen LogP contribution in [0.4, 0.5) is 58.8 Å². The highest BCUT2D eigenvalue weighted by atomic mass is 19.4. The number of hydrogen-bond donors (Lipinski definition) is 2. The molecule has 2 aromatic rings. The Kier molecular flexibility index (Phi) is 12.2. The number of nitrogens with one attached hydrogen (secondary N) is 1. The smallest absolute Gasteiger partial charge is 0.460 e. The number of carbonyl (C=O) groups excluding carboxylic acids is 1. The van der Waals surface area contributed by atoms with Gasteiger partial charge < -0.3 is 24.8 Å². The molecule has 0 saturated heterocycles. The SMILES string of the molecule is CCOC(Cc1ccc(OCCN(CC(F)(F)C(F)(F)C(F)(F)C(F)(F)C(F)(F)F)C(=O)Nc2c(C)cc(C)cc2C)cc1)C(=O)O. The van der Waals surface area contributed by atoms with Crippen LogP contribution in [0.2, 0.25) is 0 Å². The fourth-order valence-corrected chi connectivity index (χ4v) is 4.39. The minimum absolute atomic E-state index is 0.00200. The van der Waals surface area contributed by atoms with Gasteiger partial charge in [0.1, 0.15) is 12.4 Å². The molecule has 1 atom stereocenters. The molecular weight excluding hydrogens is 665 g/mol. The average molecular weight is 697 g/mol. The average Bonchev–Trinajstić information content (AvgIpc) is 2.93. The lowest BCUT2D eigenvalue weighted by Gasteiger charge is -2.38. The number of urea groups is 1. The van der Waals surface area contributed by atoms with Crippen LogP contribution in [-0.2, 0) is 16.0 Å². The minimum atomic E-state index is -7.63. The quantitative estimate of drug-likeness (QED) is 0.187. The van der Waals surface area contributed by atoms with E-state index in [1.54, 1.807) is 13.8 Å². The number of carboxylic acids is 1. The molecule has 2 rings (SSSR count). The molecule has 47 heavy (non-hydrogen) atoms. The maximum Gasteiger partial charge on any atom is 0.460 e. The highest BCUT2D eigenvalue weighted by Crippen LogP contribution is 2.57. The monoisotopic (exact) mass is 696 g/mol. The molecule has 0 heterocycles. The van der Waals surface area contributed by atoms with Gasteiger partial charge in [0.2, 0.25) is 0 Å². The van der Waals surface area contributed by atoms with Gasteiger partial charge in [0, 0.05) is 18.7 Å². The van der Waals surface area contributed by atoms with Gasteiger partial charge in [-0.2, -0.15) is 48.3 Å². The highest BCUT2D eigenvalue weighted by molar-refractivity contribution is 5.91. The van der Waals surface area contributed by atoms with Crippen LogP contribution >= 0.6 is 0 Å². The lowest BCUT2D eigenvalue weighted by atomic mass is 9.97. The first-order chi connectivity index (χ1) is 21.4. The summed E-state index contributed by atoms with van der Waals surface area (Å²) >= 11 is 0. The molecule has 0 aromatic heterocycles. The maximum absolute atomic E-state index is 14.7. The van der Waals surface area contributed by atoms with Crippen LogP contribution in [-0.4, -0.2) is 84.3 Å². The molecule has 0 radical (unpaired) electrons. The van der Waals surface area contributed by atoms with Crippen LogP contribution in [0.25, 0.3) is 0 Å². The summed E-state index contributed by atoms with van der Waals surface area (Å²) in [6.45, 7) is 1.73.